The van der Waals surface area contributed by atoms with Gasteiger partial charge in [0.2, 0.25) is 0 Å². The molecule has 2 aromatic heterocycles. The third-order valence-electron chi connectivity index (χ3n) is 3.90. The van der Waals surface area contributed by atoms with Gasteiger partial charge in [-0.1, -0.05) is 30.3 Å². The van der Waals surface area contributed by atoms with Crippen molar-refractivity contribution in [3.8, 4) is 11.4 Å². The van der Waals surface area contributed by atoms with Crippen LogP contribution in [0.1, 0.15) is 27.4 Å². The molecule has 25 heavy (non-hydrogen) atoms. The van der Waals surface area contributed by atoms with Gasteiger partial charge in [0.1, 0.15) is 5.56 Å². The maximum Gasteiger partial charge on any atom is 0.344 e. The van der Waals surface area contributed by atoms with E-state index in [2.05, 4.69) is 15.2 Å². The summed E-state index contributed by atoms with van der Waals surface area (Å²) in [5.41, 5.74) is 1.75. The van der Waals surface area contributed by atoms with Crippen molar-refractivity contribution in [1.82, 2.24) is 19.7 Å². The van der Waals surface area contributed by atoms with Gasteiger partial charge in [0.25, 0.3) is 5.56 Å². The van der Waals surface area contributed by atoms with Gasteiger partial charge in [-0.3, -0.25) is 4.79 Å². The normalized spacial score (nSPS) is 10.7. The molecule has 0 aliphatic heterocycles. The average Bonchev–Trinajstić information content (AvgIpc) is 2.93. The van der Waals surface area contributed by atoms with Crippen molar-refractivity contribution in [3.63, 3.8) is 0 Å². The van der Waals surface area contributed by atoms with E-state index in [4.69, 9.17) is 4.74 Å². The van der Waals surface area contributed by atoms with Crippen molar-refractivity contribution in [2.75, 3.05) is 0 Å². The number of ether oxygens (including phenoxy) is 1. The summed E-state index contributed by atoms with van der Waals surface area (Å²) in [4.78, 5) is 26.8. The lowest BCUT2D eigenvalue weighted by atomic mass is 10.1. The number of benzene rings is 1. The molecule has 1 aromatic carbocycles. The molecule has 0 fully saturated rings. The molecule has 0 radical (unpaired) electrons. The van der Waals surface area contributed by atoms with Crippen molar-refractivity contribution in [2.24, 2.45) is 7.05 Å². The smallest absolute Gasteiger partial charge is 0.344 e. The zero-order valence-electron chi connectivity index (χ0n) is 14.2. The summed E-state index contributed by atoms with van der Waals surface area (Å²) in [6.07, 6.45) is 0. The summed E-state index contributed by atoms with van der Waals surface area (Å²) in [5.74, 6) is 0.493. The van der Waals surface area contributed by atoms with E-state index in [0.29, 0.717) is 22.9 Å². The Balaban J connectivity index is 1.78. The molecule has 1 N–H and O–H groups in total. The van der Waals surface area contributed by atoms with E-state index in [9.17, 15) is 9.59 Å². The fourth-order valence-corrected chi connectivity index (χ4v) is 2.64. The molecule has 3 aromatic rings. The first-order valence-electron chi connectivity index (χ1n) is 7.78. The monoisotopic (exact) mass is 338 g/mol. The van der Waals surface area contributed by atoms with Gasteiger partial charge < -0.3 is 14.3 Å². The first kappa shape index (κ1) is 16.6. The number of esters is 1. The fraction of sp³-hybridized carbons (Fsp3) is 0.222. The van der Waals surface area contributed by atoms with Crippen molar-refractivity contribution in [3.05, 3.63) is 69.4 Å². The van der Waals surface area contributed by atoms with Crippen LogP contribution in [0.4, 0.5) is 0 Å². The number of aromatic amines is 1. The van der Waals surface area contributed by atoms with Crippen LogP contribution in [0.3, 0.4) is 0 Å². The van der Waals surface area contributed by atoms with E-state index in [1.807, 2.05) is 30.3 Å². The van der Waals surface area contributed by atoms with Gasteiger partial charge in [0, 0.05) is 18.3 Å². The first-order valence-corrected chi connectivity index (χ1v) is 7.78. The van der Waals surface area contributed by atoms with Crippen LogP contribution in [-0.4, -0.2) is 25.7 Å². The molecule has 0 aliphatic carbocycles. The number of aryl methyl sites for hydroxylation is 2. The molecule has 0 saturated heterocycles. The maximum atomic E-state index is 12.3. The zero-order valence-corrected chi connectivity index (χ0v) is 14.2. The summed E-state index contributed by atoms with van der Waals surface area (Å²) in [6, 6.07) is 11.3. The summed E-state index contributed by atoms with van der Waals surface area (Å²) in [5, 5.41) is 8.20. The van der Waals surface area contributed by atoms with Crippen LogP contribution in [0.25, 0.3) is 11.4 Å². The maximum absolute atomic E-state index is 12.3. The number of pyridine rings is 1. The van der Waals surface area contributed by atoms with E-state index >= 15 is 0 Å². The number of carbonyl (C=O) groups excluding carboxylic acids is 1. The Morgan fingerprint density at radius 3 is 2.60 bits per heavy atom. The molecule has 7 heteroatoms. The number of aromatic nitrogens is 4. The summed E-state index contributed by atoms with van der Waals surface area (Å²) in [7, 11) is 1.80. The van der Waals surface area contributed by atoms with Gasteiger partial charge in [-0.25, -0.2) is 4.79 Å². The molecule has 3 rings (SSSR count). The Labute approximate surface area is 144 Å². The first-order chi connectivity index (χ1) is 12.0. The van der Waals surface area contributed by atoms with E-state index in [-0.39, 0.29) is 12.2 Å². The molecular formula is C18H18N4O3. The number of nitrogens with zero attached hydrogens (tertiary/aromatic N) is 3. The van der Waals surface area contributed by atoms with Gasteiger partial charge in [-0.05, 0) is 25.5 Å². The highest BCUT2D eigenvalue weighted by Gasteiger charge is 2.18. The molecule has 0 atom stereocenters. The second-order valence-corrected chi connectivity index (χ2v) is 5.78. The number of rotatable bonds is 4. The number of H-pyrrole nitrogens is 1. The van der Waals surface area contributed by atoms with Crippen LogP contribution < -0.4 is 5.56 Å². The lowest BCUT2D eigenvalue weighted by Crippen LogP contribution is -2.22. The van der Waals surface area contributed by atoms with E-state index in [1.54, 1.807) is 31.5 Å². The number of carbonyl (C=O) groups is 1. The highest BCUT2D eigenvalue weighted by Crippen LogP contribution is 2.17. The molecule has 128 valence electrons. The lowest BCUT2D eigenvalue weighted by molar-refractivity contribution is 0.0456. The third kappa shape index (κ3) is 3.35. The van der Waals surface area contributed by atoms with Gasteiger partial charge in [-0.2, -0.15) is 0 Å². The second kappa shape index (κ2) is 6.72. The van der Waals surface area contributed by atoms with Crippen LogP contribution in [0.5, 0.6) is 0 Å². The molecular weight excluding hydrogens is 320 g/mol. The summed E-state index contributed by atoms with van der Waals surface area (Å²) >= 11 is 0. The molecule has 0 aliphatic rings. The van der Waals surface area contributed by atoms with Crippen LogP contribution in [0.15, 0.2) is 41.2 Å². The minimum atomic E-state index is -0.678. The van der Waals surface area contributed by atoms with Crippen molar-refractivity contribution in [1.29, 1.82) is 0 Å². The molecule has 0 unspecified atom stereocenters. The van der Waals surface area contributed by atoms with Gasteiger partial charge >= 0.3 is 5.97 Å². The van der Waals surface area contributed by atoms with Crippen LogP contribution in [-0.2, 0) is 18.4 Å². The van der Waals surface area contributed by atoms with E-state index < -0.39 is 11.5 Å². The second-order valence-electron chi connectivity index (χ2n) is 5.78. The Morgan fingerprint density at radius 2 is 1.92 bits per heavy atom. The number of nitrogens with one attached hydrogen (secondary N) is 1. The van der Waals surface area contributed by atoms with Gasteiger partial charge in [0.15, 0.2) is 18.3 Å². The standard InChI is InChI=1S/C18H18N4O3/c1-11-9-12(2)19-17(23)15(11)18(24)25-10-14-20-21-16(22(14)3)13-7-5-4-6-8-13/h4-9H,10H2,1-3H3,(H,19,23). The van der Waals surface area contributed by atoms with Gasteiger partial charge in [-0.15, -0.1) is 10.2 Å². The largest absolute Gasteiger partial charge is 0.454 e. The molecule has 0 saturated carbocycles. The molecule has 0 amide bonds. The van der Waals surface area contributed by atoms with Crippen molar-refractivity contribution >= 4 is 5.97 Å². The lowest BCUT2D eigenvalue weighted by Gasteiger charge is -2.07. The Hall–Kier alpha value is -3.22. The predicted octanol–water partition coefficient (Wildman–Crippen LogP) is 2.14. The topological polar surface area (TPSA) is 89.9 Å². The molecule has 7 nitrogen and oxygen atoms in total. The SMILES string of the molecule is Cc1cc(C)c(C(=O)OCc2nnc(-c3ccccc3)n2C)c(=O)[nH]1. The summed E-state index contributed by atoms with van der Waals surface area (Å²) in [6.45, 7) is 3.39. The molecule has 0 bridgehead atoms. The molecule has 2 heterocycles. The van der Waals surface area contributed by atoms with Crippen molar-refractivity contribution < 1.29 is 9.53 Å². The Kier molecular flexibility index (Phi) is 4.47. The van der Waals surface area contributed by atoms with Crippen LogP contribution in [0, 0.1) is 13.8 Å². The Morgan fingerprint density at radius 1 is 1.20 bits per heavy atom. The Bertz CT molecular complexity index is 974. The fourth-order valence-electron chi connectivity index (χ4n) is 2.64. The average molecular weight is 338 g/mol. The van der Waals surface area contributed by atoms with Crippen molar-refractivity contribution in [2.45, 2.75) is 20.5 Å². The minimum absolute atomic E-state index is 0.0102. The number of hydrogen-bond acceptors (Lipinski definition) is 5. The van der Waals surface area contributed by atoms with Crippen LogP contribution in [0.2, 0.25) is 0 Å². The van der Waals surface area contributed by atoms with E-state index in [0.717, 1.165) is 5.56 Å². The minimum Gasteiger partial charge on any atom is -0.454 e. The third-order valence-corrected chi connectivity index (χ3v) is 3.90. The van der Waals surface area contributed by atoms with E-state index in [1.165, 1.54) is 0 Å². The molecule has 0 spiro atoms. The zero-order chi connectivity index (χ0) is 18.0. The number of hydrogen-bond donors (Lipinski definition) is 1. The summed E-state index contributed by atoms with van der Waals surface area (Å²) < 4.78 is 7.02. The predicted molar refractivity (Wildman–Crippen MR) is 92.1 cm³/mol. The highest BCUT2D eigenvalue weighted by atomic mass is 16.5. The highest BCUT2D eigenvalue weighted by molar-refractivity contribution is 5.90. The quantitative estimate of drug-likeness (QED) is 0.736. The van der Waals surface area contributed by atoms with Crippen LogP contribution >= 0.6 is 0 Å². The van der Waals surface area contributed by atoms with Gasteiger partial charge in [0.05, 0.1) is 0 Å².